The molecule has 0 bridgehead atoms. The fourth-order valence-corrected chi connectivity index (χ4v) is 4.68. The van der Waals surface area contributed by atoms with Gasteiger partial charge < -0.3 is 0 Å². The van der Waals surface area contributed by atoms with Crippen LogP contribution >= 0.6 is 23.2 Å². The van der Waals surface area contributed by atoms with Crippen molar-refractivity contribution in [2.75, 3.05) is 7.05 Å². The Morgan fingerprint density at radius 3 is 2.25 bits per heavy atom. The van der Waals surface area contributed by atoms with Crippen molar-refractivity contribution in [2.45, 2.75) is 10.9 Å². The SMILES string of the molecule is CN1C(c2c(Cl)cccc2Cl)c2ccccc2S1(=O)=O. The first kappa shape index (κ1) is 13.9. The molecule has 0 saturated carbocycles. The van der Waals surface area contributed by atoms with Crippen molar-refractivity contribution in [3.05, 3.63) is 63.6 Å². The molecule has 0 fully saturated rings. The van der Waals surface area contributed by atoms with E-state index in [0.717, 1.165) is 0 Å². The molecule has 104 valence electrons. The molecule has 3 rings (SSSR count). The van der Waals surface area contributed by atoms with E-state index in [0.29, 0.717) is 26.1 Å². The van der Waals surface area contributed by atoms with Crippen LogP contribution in [0.5, 0.6) is 0 Å². The molecule has 0 spiro atoms. The van der Waals surface area contributed by atoms with Gasteiger partial charge >= 0.3 is 0 Å². The Hall–Kier alpha value is -1.07. The summed E-state index contributed by atoms with van der Waals surface area (Å²) in [6.07, 6.45) is 0. The molecule has 0 aliphatic carbocycles. The molecule has 2 aromatic carbocycles. The number of hydrogen-bond donors (Lipinski definition) is 0. The van der Waals surface area contributed by atoms with Gasteiger partial charge in [0.1, 0.15) is 0 Å². The zero-order valence-electron chi connectivity index (χ0n) is 10.5. The summed E-state index contributed by atoms with van der Waals surface area (Å²) in [4.78, 5) is 0.309. The van der Waals surface area contributed by atoms with E-state index in [9.17, 15) is 8.42 Å². The number of halogens is 2. The lowest BCUT2D eigenvalue weighted by Crippen LogP contribution is -2.24. The zero-order chi connectivity index (χ0) is 14.5. The maximum atomic E-state index is 12.4. The summed E-state index contributed by atoms with van der Waals surface area (Å²) in [5, 5.41) is 0.919. The topological polar surface area (TPSA) is 37.4 Å². The highest BCUT2D eigenvalue weighted by Gasteiger charge is 2.42. The molecule has 20 heavy (non-hydrogen) atoms. The lowest BCUT2D eigenvalue weighted by molar-refractivity contribution is 0.440. The molecule has 0 radical (unpaired) electrons. The van der Waals surface area contributed by atoms with E-state index in [1.165, 1.54) is 4.31 Å². The van der Waals surface area contributed by atoms with Gasteiger partial charge in [-0.2, -0.15) is 4.31 Å². The normalized spacial score (nSPS) is 20.9. The summed E-state index contributed by atoms with van der Waals surface area (Å²) in [6, 6.07) is 11.6. The van der Waals surface area contributed by atoms with Crippen LogP contribution in [-0.4, -0.2) is 19.8 Å². The van der Waals surface area contributed by atoms with Gasteiger partial charge in [0.05, 0.1) is 10.9 Å². The fraction of sp³-hybridized carbons (Fsp3) is 0.143. The first-order valence-electron chi connectivity index (χ1n) is 5.95. The van der Waals surface area contributed by atoms with Crippen LogP contribution in [0.3, 0.4) is 0 Å². The molecule has 6 heteroatoms. The third-order valence-corrected chi connectivity index (χ3v) is 6.06. The second-order valence-corrected chi connectivity index (χ2v) is 7.38. The van der Waals surface area contributed by atoms with Crippen LogP contribution in [0.1, 0.15) is 17.2 Å². The summed E-state index contributed by atoms with van der Waals surface area (Å²) in [6.45, 7) is 0. The molecule has 1 aliphatic heterocycles. The van der Waals surface area contributed by atoms with Crippen LogP contribution < -0.4 is 0 Å². The summed E-state index contributed by atoms with van der Waals surface area (Å²) in [5.74, 6) is 0. The van der Waals surface area contributed by atoms with E-state index < -0.39 is 16.1 Å². The molecule has 2 aromatic rings. The third-order valence-electron chi connectivity index (χ3n) is 3.51. The molecule has 0 aromatic heterocycles. The summed E-state index contributed by atoms with van der Waals surface area (Å²) >= 11 is 12.5. The Morgan fingerprint density at radius 2 is 1.60 bits per heavy atom. The highest BCUT2D eigenvalue weighted by Crippen LogP contribution is 2.46. The number of benzene rings is 2. The van der Waals surface area contributed by atoms with Crippen molar-refractivity contribution in [1.82, 2.24) is 4.31 Å². The molecule has 1 aliphatic rings. The van der Waals surface area contributed by atoms with Crippen molar-refractivity contribution < 1.29 is 8.42 Å². The van der Waals surface area contributed by atoms with E-state index in [-0.39, 0.29) is 0 Å². The van der Waals surface area contributed by atoms with Gasteiger partial charge in [0.25, 0.3) is 0 Å². The second-order valence-electron chi connectivity index (χ2n) is 4.60. The van der Waals surface area contributed by atoms with Crippen LogP contribution in [0.2, 0.25) is 10.0 Å². The minimum absolute atomic E-state index is 0.309. The van der Waals surface area contributed by atoms with E-state index in [2.05, 4.69) is 0 Å². The first-order valence-corrected chi connectivity index (χ1v) is 8.15. The average molecular weight is 328 g/mol. The number of nitrogens with zero attached hydrogens (tertiary/aromatic N) is 1. The van der Waals surface area contributed by atoms with E-state index in [1.54, 1.807) is 43.4 Å². The lowest BCUT2D eigenvalue weighted by atomic mass is 9.99. The smallest absolute Gasteiger partial charge is 0.207 e. The average Bonchev–Trinajstić information content (AvgIpc) is 2.60. The summed E-state index contributed by atoms with van der Waals surface area (Å²) in [5.41, 5.74) is 1.32. The van der Waals surface area contributed by atoms with Crippen molar-refractivity contribution in [3.63, 3.8) is 0 Å². The molecule has 0 saturated heterocycles. The predicted octanol–water partition coefficient (Wildman–Crippen LogP) is 3.72. The van der Waals surface area contributed by atoms with E-state index in [1.807, 2.05) is 6.07 Å². The standard InChI is InChI=1S/C14H11Cl2NO2S/c1-17-14(13-10(15)6-4-7-11(13)16)9-5-2-3-8-12(9)20(17,18)19/h2-8,14H,1H3. The Labute approximate surface area is 127 Å². The first-order chi connectivity index (χ1) is 9.44. The van der Waals surface area contributed by atoms with Crippen LogP contribution in [0, 0.1) is 0 Å². The van der Waals surface area contributed by atoms with Gasteiger partial charge in [0.15, 0.2) is 0 Å². The monoisotopic (exact) mass is 327 g/mol. The van der Waals surface area contributed by atoms with E-state index in [4.69, 9.17) is 23.2 Å². The largest absolute Gasteiger partial charge is 0.244 e. The van der Waals surface area contributed by atoms with Crippen LogP contribution in [0.15, 0.2) is 47.4 Å². The molecule has 3 nitrogen and oxygen atoms in total. The van der Waals surface area contributed by atoms with Gasteiger partial charge in [-0.05, 0) is 23.8 Å². The van der Waals surface area contributed by atoms with Crippen LogP contribution in [0.25, 0.3) is 0 Å². The molecular formula is C14H11Cl2NO2S. The summed E-state index contributed by atoms with van der Waals surface area (Å²) in [7, 11) is -1.96. The molecule has 0 N–H and O–H groups in total. The number of fused-ring (bicyclic) bond motifs is 1. The highest BCUT2D eigenvalue weighted by molar-refractivity contribution is 7.89. The maximum Gasteiger partial charge on any atom is 0.244 e. The van der Waals surface area contributed by atoms with Gasteiger partial charge in [-0.3, -0.25) is 0 Å². The van der Waals surface area contributed by atoms with Crippen molar-refractivity contribution in [3.8, 4) is 0 Å². The molecule has 1 unspecified atom stereocenters. The fourth-order valence-electron chi connectivity index (χ4n) is 2.54. The van der Waals surface area contributed by atoms with Gasteiger partial charge in [-0.25, -0.2) is 8.42 Å². The van der Waals surface area contributed by atoms with Crippen molar-refractivity contribution >= 4 is 33.2 Å². The minimum Gasteiger partial charge on any atom is -0.207 e. The highest BCUT2D eigenvalue weighted by atomic mass is 35.5. The van der Waals surface area contributed by atoms with E-state index >= 15 is 0 Å². The van der Waals surface area contributed by atoms with Gasteiger partial charge in [0.2, 0.25) is 10.0 Å². The van der Waals surface area contributed by atoms with Gasteiger partial charge in [-0.15, -0.1) is 0 Å². The predicted molar refractivity (Wildman–Crippen MR) is 79.7 cm³/mol. The third kappa shape index (κ3) is 1.87. The molecular weight excluding hydrogens is 317 g/mol. The quantitative estimate of drug-likeness (QED) is 0.800. The Kier molecular flexibility index (Phi) is 3.29. The Balaban J connectivity index is 2.31. The van der Waals surface area contributed by atoms with Crippen molar-refractivity contribution in [2.24, 2.45) is 0 Å². The van der Waals surface area contributed by atoms with Crippen LogP contribution in [0.4, 0.5) is 0 Å². The number of hydrogen-bond acceptors (Lipinski definition) is 2. The minimum atomic E-state index is -3.50. The van der Waals surface area contributed by atoms with Crippen LogP contribution in [-0.2, 0) is 10.0 Å². The lowest BCUT2D eigenvalue weighted by Gasteiger charge is -2.21. The second kappa shape index (κ2) is 4.74. The number of sulfonamides is 1. The Morgan fingerprint density at radius 1 is 1.00 bits per heavy atom. The van der Waals surface area contributed by atoms with Crippen molar-refractivity contribution in [1.29, 1.82) is 0 Å². The summed E-state index contributed by atoms with van der Waals surface area (Å²) < 4.78 is 26.2. The number of rotatable bonds is 1. The zero-order valence-corrected chi connectivity index (χ0v) is 12.9. The molecule has 1 atom stereocenters. The molecule has 1 heterocycles. The maximum absolute atomic E-state index is 12.4. The van der Waals surface area contributed by atoms with Gasteiger partial charge in [0, 0.05) is 22.7 Å². The Bertz CT molecular complexity index is 769. The van der Waals surface area contributed by atoms with Gasteiger partial charge in [-0.1, -0.05) is 47.5 Å². The molecule has 0 amide bonds.